The maximum Gasteiger partial charge on any atom is 0.237 e. The van der Waals surface area contributed by atoms with Crippen LogP contribution >= 0.6 is 0 Å². The number of carbonyl (C=O) groups excluding carboxylic acids is 1. The molecule has 0 heterocycles. The smallest absolute Gasteiger partial charge is 0.237 e. The molecular formula is C15H24N2O2. The van der Waals surface area contributed by atoms with Gasteiger partial charge in [0.15, 0.2) is 0 Å². The van der Waals surface area contributed by atoms with Gasteiger partial charge in [-0.15, -0.1) is 0 Å². The first-order valence-corrected chi connectivity index (χ1v) is 6.78. The number of unbranched alkanes of at least 4 members (excludes halogenated alkanes) is 1. The van der Waals surface area contributed by atoms with Crippen molar-refractivity contribution >= 4 is 5.91 Å². The lowest BCUT2D eigenvalue weighted by Crippen LogP contribution is -2.40. The lowest BCUT2D eigenvalue weighted by atomic mass is 10.1. The summed E-state index contributed by atoms with van der Waals surface area (Å²) < 4.78 is 5.14. The van der Waals surface area contributed by atoms with Crippen molar-refractivity contribution in [1.29, 1.82) is 0 Å². The topological polar surface area (TPSA) is 64.4 Å². The van der Waals surface area contributed by atoms with Gasteiger partial charge < -0.3 is 15.8 Å². The molecule has 1 atom stereocenters. The van der Waals surface area contributed by atoms with E-state index >= 15 is 0 Å². The van der Waals surface area contributed by atoms with E-state index < -0.39 is 6.04 Å². The molecule has 19 heavy (non-hydrogen) atoms. The molecule has 1 amide bonds. The number of nitrogens with one attached hydrogen (secondary N) is 1. The molecule has 1 rings (SSSR count). The van der Waals surface area contributed by atoms with Crippen LogP contribution in [0.15, 0.2) is 24.3 Å². The molecular weight excluding hydrogens is 240 g/mol. The first kappa shape index (κ1) is 15.7. The van der Waals surface area contributed by atoms with Crippen LogP contribution in [-0.2, 0) is 22.7 Å². The van der Waals surface area contributed by atoms with Crippen LogP contribution in [0.25, 0.3) is 0 Å². The number of hydrogen-bond acceptors (Lipinski definition) is 3. The molecule has 106 valence electrons. The van der Waals surface area contributed by atoms with E-state index in [-0.39, 0.29) is 5.91 Å². The van der Waals surface area contributed by atoms with Crippen molar-refractivity contribution in [2.75, 3.05) is 7.11 Å². The van der Waals surface area contributed by atoms with Gasteiger partial charge in [0, 0.05) is 13.7 Å². The molecule has 0 fully saturated rings. The molecule has 0 aliphatic rings. The molecule has 0 bridgehead atoms. The van der Waals surface area contributed by atoms with Crippen LogP contribution in [0, 0.1) is 0 Å². The Morgan fingerprint density at radius 2 is 2.05 bits per heavy atom. The summed E-state index contributed by atoms with van der Waals surface area (Å²) in [6.07, 6.45) is 2.77. The maximum atomic E-state index is 11.8. The molecule has 1 aromatic rings. The summed E-state index contributed by atoms with van der Waals surface area (Å²) >= 11 is 0. The SMILES string of the molecule is CCCCC(N)C(=O)NCc1ccccc1COC. The number of methoxy groups -OCH3 is 1. The molecule has 4 heteroatoms. The van der Waals surface area contributed by atoms with Gasteiger partial charge in [0.2, 0.25) is 5.91 Å². The monoisotopic (exact) mass is 264 g/mol. The summed E-state index contributed by atoms with van der Waals surface area (Å²) in [6.45, 7) is 3.14. The van der Waals surface area contributed by atoms with E-state index in [1.165, 1.54) is 0 Å². The molecule has 0 aromatic heterocycles. The highest BCUT2D eigenvalue weighted by Crippen LogP contribution is 2.09. The molecule has 3 N–H and O–H groups in total. The zero-order valence-electron chi connectivity index (χ0n) is 11.8. The molecule has 0 aliphatic heterocycles. The zero-order chi connectivity index (χ0) is 14.1. The van der Waals surface area contributed by atoms with E-state index in [2.05, 4.69) is 12.2 Å². The molecule has 0 radical (unpaired) electrons. The number of hydrogen-bond donors (Lipinski definition) is 2. The van der Waals surface area contributed by atoms with Crippen molar-refractivity contribution < 1.29 is 9.53 Å². The first-order chi connectivity index (χ1) is 9.19. The quantitative estimate of drug-likeness (QED) is 0.754. The van der Waals surface area contributed by atoms with Crippen molar-refractivity contribution in [2.24, 2.45) is 5.73 Å². The Balaban J connectivity index is 2.49. The third-order valence-corrected chi connectivity index (χ3v) is 3.08. The average molecular weight is 264 g/mol. The van der Waals surface area contributed by atoms with Crippen molar-refractivity contribution in [3.8, 4) is 0 Å². The molecule has 0 saturated carbocycles. The minimum absolute atomic E-state index is 0.0827. The molecule has 0 saturated heterocycles. The highest BCUT2D eigenvalue weighted by Gasteiger charge is 2.12. The van der Waals surface area contributed by atoms with E-state index in [0.29, 0.717) is 13.2 Å². The van der Waals surface area contributed by atoms with Crippen LogP contribution in [0.5, 0.6) is 0 Å². The van der Waals surface area contributed by atoms with Crippen LogP contribution < -0.4 is 11.1 Å². The zero-order valence-corrected chi connectivity index (χ0v) is 11.8. The van der Waals surface area contributed by atoms with E-state index in [4.69, 9.17) is 10.5 Å². The van der Waals surface area contributed by atoms with Gasteiger partial charge in [0.1, 0.15) is 0 Å². The summed E-state index contributed by atoms with van der Waals surface area (Å²) in [5.74, 6) is -0.0827. The fourth-order valence-electron chi connectivity index (χ4n) is 1.89. The Hall–Kier alpha value is -1.39. The second-order valence-electron chi connectivity index (χ2n) is 4.67. The molecule has 4 nitrogen and oxygen atoms in total. The Bertz CT molecular complexity index is 393. The van der Waals surface area contributed by atoms with Gasteiger partial charge in [0.05, 0.1) is 12.6 Å². The average Bonchev–Trinajstić information content (AvgIpc) is 2.43. The normalized spacial score (nSPS) is 12.2. The van der Waals surface area contributed by atoms with Crippen molar-refractivity contribution in [1.82, 2.24) is 5.32 Å². The van der Waals surface area contributed by atoms with Crippen LogP contribution in [0.1, 0.15) is 37.3 Å². The lowest BCUT2D eigenvalue weighted by molar-refractivity contribution is -0.122. The Morgan fingerprint density at radius 1 is 1.37 bits per heavy atom. The van der Waals surface area contributed by atoms with Gasteiger partial charge in [0.25, 0.3) is 0 Å². The van der Waals surface area contributed by atoms with Gasteiger partial charge in [-0.25, -0.2) is 0 Å². The summed E-state index contributed by atoms with van der Waals surface area (Å²) in [4.78, 5) is 11.8. The first-order valence-electron chi connectivity index (χ1n) is 6.78. The summed E-state index contributed by atoms with van der Waals surface area (Å²) in [5, 5.41) is 2.89. The predicted octanol–water partition coefficient (Wildman–Crippen LogP) is 1.97. The van der Waals surface area contributed by atoms with E-state index in [1.54, 1.807) is 7.11 Å². The van der Waals surface area contributed by atoms with Gasteiger partial charge in [-0.1, -0.05) is 44.0 Å². The fourth-order valence-corrected chi connectivity index (χ4v) is 1.89. The number of ether oxygens (including phenoxy) is 1. The van der Waals surface area contributed by atoms with E-state index in [9.17, 15) is 4.79 Å². The number of nitrogens with two attached hydrogens (primary N) is 1. The lowest BCUT2D eigenvalue weighted by Gasteiger charge is -2.13. The molecule has 0 spiro atoms. The second kappa shape index (κ2) is 8.67. The van der Waals surface area contributed by atoms with Crippen molar-refractivity contribution in [2.45, 2.75) is 45.4 Å². The van der Waals surface area contributed by atoms with Gasteiger partial charge in [-0.3, -0.25) is 4.79 Å². The van der Waals surface area contributed by atoms with E-state index in [1.807, 2.05) is 24.3 Å². The number of amides is 1. The maximum absolute atomic E-state index is 11.8. The summed E-state index contributed by atoms with van der Waals surface area (Å²) in [5.41, 5.74) is 7.99. The third-order valence-electron chi connectivity index (χ3n) is 3.08. The van der Waals surface area contributed by atoms with Crippen molar-refractivity contribution in [3.63, 3.8) is 0 Å². The molecule has 1 aromatic carbocycles. The minimum atomic E-state index is -0.408. The Labute approximate surface area is 115 Å². The van der Waals surface area contributed by atoms with Gasteiger partial charge >= 0.3 is 0 Å². The van der Waals surface area contributed by atoms with Gasteiger partial charge in [-0.2, -0.15) is 0 Å². The van der Waals surface area contributed by atoms with Crippen LogP contribution in [0.4, 0.5) is 0 Å². The fraction of sp³-hybridized carbons (Fsp3) is 0.533. The predicted molar refractivity (Wildman–Crippen MR) is 76.5 cm³/mol. The highest BCUT2D eigenvalue weighted by atomic mass is 16.5. The van der Waals surface area contributed by atoms with E-state index in [0.717, 1.165) is 30.4 Å². The minimum Gasteiger partial charge on any atom is -0.380 e. The van der Waals surface area contributed by atoms with Crippen LogP contribution in [0.3, 0.4) is 0 Å². The van der Waals surface area contributed by atoms with Crippen molar-refractivity contribution in [3.05, 3.63) is 35.4 Å². The Morgan fingerprint density at radius 3 is 2.68 bits per heavy atom. The van der Waals surface area contributed by atoms with Crippen LogP contribution in [-0.4, -0.2) is 19.1 Å². The summed E-state index contributed by atoms with van der Waals surface area (Å²) in [7, 11) is 1.66. The number of carbonyl (C=O) groups is 1. The second-order valence-corrected chi connectivity index (χ2v) is 4.67. The highest BCUT2D eigenvalue weighted by molar-refractivity contribution is 5.81. The number of benzene rings is 1. The summed E-state index contributed by atoms with van der Waals surface area (Å²) in [6, 6.07) is 7.51. The van der Waals surface area contributed by atoms with Crippen LogP contribution in [0.2, 0.25) is 0 Å². The Kier molecular flexibility index (Phi) is 7.15. The largest absolute Gasteiger partial charge is 0.380 e. The number of rotatable bonds is 8. The molecule has 1 unspecified atom stereocenters. The standard InChI is InChI=1S/C15H24N2O2/c1-3-4-9-14(16)15(18)17-10-12-7-5-6-8-13(12)11-19-2/h5-8,14H,3-4,9-11,16H2,1-2H3,(H,17,18). The van der Waals surface area contributed by atoms with Gasteiger partial charge in [-0.05, 0) is 17.5 Å². The third kappa shape index (κ3) is 5.41. The molecule has 0 aliphatic carbocycles.